The minimum atomic E-state index is -0.995. The lowest BCUT2D eigenvalue weighted by molar-refractivity contribution is 0.0697. The number of halogens is 2. The van der Waals surface area contributed by atoms with Gasteiger partial charge in [-0.2, -0.15) is 10.2 Å². The highest BCUT2D eigenvalue weighted by atomic mass is 35.5. The van der Waals surface area contributed by atoms with E-state index in [1.807, 2.05) is 31.2 Å². The van der Waals surface area contributed by atoms with E-state index in [0.717, 1.165) is 11.3 Å². The number of rotatable bonds is 6. The molecular formula is C19H16Cl2N4O2. The van der Waals surface area contributed by atoms with E-state index >= 15 is 0 Å². The number of nitrogens with zero attached hydrogens (tertiary/aromatic N) is 3. The van der Waals surface area contributed by atoms with Crippen LogP contribution in [0.2, 0.25) is 10.2 Å². The maximum Gasteiger partial charge on any atom is 0.335 e. The average molecular weight is 403 g/mol. The van der Waals surface area contributed by atoms with Crippen LogP contribution in [0.15, 0.2) is 53.6 Å². The molecule has 138 valence electrons. The Morgan fingerprint density at radius 3 is 2.70 bits per heavy atom. The van der Waals surface area contributed by atoms with Gasteiger partial charge >= 0.3 is 5.97 Å². The Kier molecular flexibility index (Phi) is 5.78. The number of carboxylic acids is 1. The first-order valence-corrected chi connectivity index (χ1v) is 8.79. The van der Waals surface area contributed by atoms with Gasteiger partial charge in [-0.15, -0.1) is 0 Å². The highest BCUT2D eigenvalue weighted by molar-refractivity contribution is 6.32. The summed E-state index contributed by atoms with van der Waals surface area (Å²) in [6, 6.07) is 13.8. The molecule has 3 rings (SSSR count). The maximum atomic E-state index is 11.0. The van der Waals surface area contributed by atoms with Gasteiger partial charge in [-0.1, -0.05) is 41.4 Å². The predicted octanol–water partition coefficient (Wildman–Crippen LogP) is 4.69. The second kappa shape index (κ2) is 8.24. The number of carboxylic acid groups (broad SMARTS) is 1. The van der Waals surface area contributed by atoms with Crippen molar-refractivity contribution in [1.29, 1.82) is 0 Å². The number of aromatic nitrogens is 2. The second-order valence-electron chi connectivity index (χ2n) is 5.83. The maximum absolute atomic E-state index is 11.0. The Bertz CT molecular complexity index is 997. The second-order valence-corrected chi connectivity index (χ2v) is 6.62. The first-order valence-electron chi connectivity index (χ1n) is 8.04. The van der Waals surface area contributed by atoms with Crippen LogP contribution in [-0.4, -0.2) is 27.1 Å². The quantitative estimate of drug-likeness (QED) is 0.462. The van der Waals surface area contributed by atoms with Gasteiger partial charge in [0.05, 0.1) is 35.3 Å². The highest BCUT2D eigenvalue weighted by Crippen LogP contribution is 2.20. The van der Waals surface area contributed by atoms with Gasteiger partial charge in [0.25, 0.3) is 0 Å². The smallest absolute Gasteiger partial charge is 0.335 e. The molecule has 1 heterocycles. The molecule has 3 aromatic rings. The fourth-order valence-electron chi connectivity index (χ4n) is 2.47. The molecule has 0 radical (unpaired) electrons. The van der Waals surface area contributed by atoms with E-state index in [1.54, 1.807) is 23.0 Å². The summed E-state index contributed by atoms with van der Waals surface area (Å²) in [5, 5.41) is 18.7. The third-order valence-corrected chi connectivity index (χ3v) is 4.50. The van der Waals surface area contributed by atoms with E-state index in [1.165, 1.54) is 12.1 Å². The zero-order valence-electron chi connectivity index (χ0n) is 14.4. The summed E-state index contributed by atoms with van der Waals surface area (Å²) in [6.07, 6.45) is 1.57. The van der Waals surface area contributed by atoms with Crippen molar-refractivity contribution in [3.8, 4) is 0 Å². The summed E-state index contributed by atoms with van der Waals surface area (Å²) in [7, 11) is 0. The largest absolute Gasteiger partial charge is 0.478 e. The van der Waals surface area contributed by atoms with Crippen molar-refractivity contribution in [3.05, 3.63) is 81.1 Å². The number of hydrazone groups is 1. The summed E-state index contributed by atoms with van der Waals surface area (Å²) in [5.41, 5.74) is 5.99. The topological polar surface area (TPSA) is 79.5 Å². The lowest BCUT2D eigenvalue weighted by Crippen LogP contribution is -2.02. The molecule has 0 amide bonds. The summed E-state index contributed by atoms with van der Waals surface area (Å²) in [4.78, 5) is 11.0. The molecule has 2 aromatic carbocycles. The SMILES string of the molecule is Cc1nn(Cc2ccc(Cl)cc2)c(Cl)c1/C=N/Nc1cccc(C(=O)O)c1. The molecule has 8 heteroatoms. The standard InChI is InChI=1S/C19H16Cl2N4O2/c1-12-17(10-22-23-16-4-2-3-14(9-16)19(26)27)18(21)25(24-12)11-13-5-7-15(20)8-6-13/h2-10,23H,11H2,1H3,(H,26,27)/b22-10+. The molecule has 0 aliphatic carbocycles. The Balaban J connectivity index is 1.74. The van der Waals surface area contributed by atoms with Crippen LogP contribution in [0, 0.1) is 6.92 Å². The van der Waals surface area contributed by atoms with Crippen molar-refractivity contribution in [2.75, 3.05) is 5.43 Å². The van der Waals surface area contributed by atoms with Crippen LogP contribution < -0.4 is 5.43 Å². The fraction of sp³-hybridized carbons (Fsp3) is 0.105. The lowest BCUT2D eigenvalue weighted by atomic mass is 10.2. The van der Waals surface area contributed by atoms with Gasteiger partial charge in [0.1, 0.15) is 5.15 Å². The van der Waals surface area contributed by atoms with Crippen LogP contribution in [0.1, 0.15) is 27.2 Å². The zero-order chi connectivity index (χ0) is 19.4. The van der Waals surface area contributed by atoms with Gasteiger partial charge in [-0.05, 0) is 42.8 Å². The van der Waals surface area contributed by atoms with Crippen molar-refractivity contribution in [2.45, 2.75) is 13.5 Å². The number of benzene rings is 2. The molecule has 0 atom stereocenters. The molecule has 1 aromatic heterocycles. The lowest BCUT2D eigenvalue weighted by Gasteiger charge is -2.04. The van der Waals surface area contributed by atoms with Gasteiger partial charge in [-0.3, -0.25) is 5.43 Å². The van der Waals surface area contributed by atoms with E-state index in [9.17, 15) is 4.79 Å². The van der Waals surface area contributed by atoms with Crippen LogP contribution in [-0.2, 0) is 6.54 Å². The first-order chi connectivity index (χ1) is 12.9. The van der Waals surface area contributed by atoms with Crippen LogP contribution in [0.25, 0.3) is 0 Å². The molecule has 0 saturated carbocycles. The molecule has 0 bridgehead atoms. The van der Waals surface area contributed by atoms with E-state index < -0.39 is 5.97 Å². The number of carbonyl (C=O) groups is 1. The van der Waals surface area contributed by atoms with Gasteiger partial charge in [0, 0.05) is 5.02 Å². The summed E-state index contributed by atoms with van der Waals surface area (Å²) in [5.74, 6) is -0.995. The van der Waals surface area contributed by atoms with Crippen LogP contribution in [0.3, 0.4) is 0 Å². The Labute approximate surface area is 166 Å². The van der Waals surface area contributed by atoms with Crippen molar-refractivity contribution < 1.29 is 9.90 Å². The summed E-state index contributed by atoms with van der Waals surface area (Å²) in [6.45, 7) is 2.36. The molecule has 27 heavy (non-hydrogen) atoms. The number of anilines is 1. The summed E-state index contributed by atoms with van der Waals surface area (Å²) >= 11 is 12.3. The van der Waals surface area contributed by atoms with Crippen molar-refractivity contribution in [1.82, 2.24) is 9.78 Å². The number of aromatic carboxylic acids is 1. The minimum Gasteiger partial charge on any atom is -0.478 e. The van der Waals surface area contributed by atoms with E-state index in [4.69, 9.17) is 28.3 Å². The third kappa shape index (κ3) is 4.67. The number of aryl methyl sites for hydroxylation is 1. The minimum absolute atomic E-state index is 0.181. The van der Waals surface area contributed by atoms with Gasteiger partial charge in [-0.25, -0.2) is 9.48 Å². The number of hydrogen-bond donors (Lipinski definition) is 2. The summed E-state index contributed by atoms with van der Waals surface area (Å²) < 4.78 is 1.69. The first kappa shape index (κ1) is 18.9. The molecule has 0 unspecified atom stereocenters. The normalized spacial score (nSPS) is 11.1. The van der Waals surface area contributed by atoms with Gasteiger partial charge in [0.2, 0.25) is 0 Å². The molecule has 6 nitrogen and oxygen atoms in total. The number of hydrogen-bond acceptors (Lipinski definition) is 4. The molecular weight excluding hydrogens is 387 g/mol. The third-order valence-electron chi connectivity index (χ3n) is 3.85. The Morgan fingerprint density at radius 1 is 1.26 bits per heavy atom. The van der Waals surface area contributed by atoms with Crippen LogP contribution in [0.4, 0.5) is 5.69 Å². The van der Waals surface area contributed by atoms with Crippen LogP contribution in [0.5, 0.6) is 0 Å². The molecule has 0 saturated heterocycles. The zero-order valence-corrected chi connectivity index (χ0v) is 15.9. The monoisotopic (exact) mass is 402 g/mol. The van der Waals surface area contributed by atoms with Crippen molar-refractivity contribution in [3.63, 3.8) is 0 Å². The molecule has 0 spiro atoms. The molecule has 0 fully saturated rings. The van der Waals surface area contributed by atoms with Crippen LogP contribution >= 0.6 is 23.2 Å². The Morgan fingerprint density at radius 2 is 2.00 bits per heavy atom. The predicted molar refractivity (Wildman–Crippen MR) is 107 cm³/mol. The van der Waals surface area contributed by atoms with Gasteiger partial charge < -0.3 is 5.11 Å². The molecule has 0 aliphatic rings. The molecule has 2 N–H and O–H groups in total. The number of nitrogens with one attached hydrogen (secondary N) is 1. The molecule has 0 aliphatic heterocycles. The average Bonchev–Trinajstić information content (AvgIpc) is 2.91. The van der Waals surface area contributed by atoms with Crippen molar-refractivity contribution >= 4 is 41.1 Å². The fourth-order valence-corrected chi connectivity index (χ4v) is 2.88. The Hall–Kier alpha value is -2.83. The van der Waals surface area contributed by atoms with E-state index in [0.29, 0.717) is 28.0 Å². The van der Waals surface area contributed by atoms with Crippen molar-refractivity contribution in [2.24, 2.45) is 5.10 Å². The van der Waals surface area contributed by atoms with Gasteiger partial charge in [0.15, 0.2) is 0 Å². The van der Waals surface area contributed by atoms with E-state index in [-0.39, 0.29) is 5.56 Å². The van der Waals surface area contributed by atoms with E-state index in [2.05, 4.69) is 15.6 Å². The highest BCUT2D eigenvalue weighted by Gasteiger charge is 2.12.